The second-order valence-electron chi connectivity index (χ2n) is 3.82. The summed E-state index contributed by atoms with van der Waals surface area (Å²) in [6, 6.07) is 0.372. The first kappa shape index (κ1) is 10.3. The highest BCUT2D eigenvalue weighted by Crippen LogP contribution is 2.25. The maximum absolute atomic E-state index is 10.6. The quantitative estimate of drug-likeness (QED) is 0.666. The first-order valence-electron chi connectivity index (χ1n) is 4.65. The molecule has 0 amide bonds. The van der Waals surface area contributed by atoms with Crippen LogP contribution in [0.1, 0.15) is 13.8 Å². The smallest absolute Gasteiger partial charge is 0.306 e. The third kappa shape index (κ3) is 2.10. The summed E-state index contributed by atoms with van der Waals surface area (Å²) in [5.74, 6) is -0.580. The molecule has 2 unspecified atom stereocenters. The maximum Gasteiger partial charge on any atom is 0.306 e. The predicted molar refractivity (Wildman–Crippen MR) is 51.5 cm³/mol. The lowest BCUT2D eigenvalue weighted by atomic mass is 9.86. The number of likely N-dealkylation sites (tertiary alicyclic amines) is 1. The van der Waals surface area contributed by atoms with Gasteiger partial charge in [0.1, 0.15) is 0 Å². The molecule has 1 heterocycles. The minimum Gasteiger partial charge on any atom is -0.481 e. The van der Waals surface area contributed by atoms with Crippen LogP contribution in [-0.2, 0) is 4.79 Å². The van der Waals surface area contributed by atoms with E-state index in [4.69, 9.17) is 5.11 Å². The SMILES string of the molecule is C=CC(C)N1CC(C(C)C(=O)O)C1. The highest BCUT2D eigenvalue weighted by atomic mass is 16.4. The Morgan fingerprint density at radius 1 is 1.62 bits per heavy atom. The summed E-state index contributed by atoms with van der Waals surface area (Å²) < 4.78 is 0. The fourth-order valence-corrected chi connectivity index (χ4v) is 1.55. The zero-order valence-corrected chi connectivity index (χ0v) is 8.23. The molecule has 1 fully saturated rings. The molecule has 0 aromatic heterocycles. The van der Waals surface area contributed by atoms with E-state index in [1.54, 1.807) is 6.92 Å². The van der Waals surface area contributed by atoms with Crippen LogP contribution in [0, 0.1) is 11.8 Å². The molecular weight excluding hydrogens is 166 g/mol. The molecule has 3 nitrogen and oxygen atoms in total. The molecule has 1 saturated heterocycles. The number of hydrogen-bond acceptors (Lipinski definition) is 2. The summed E-state index contributed by atoms with van der Waals surface area (Å²) in [4.78, 5) is 12.9. The summed E-state index contributed by atoms with van der Waals surface area (Å²) in [5, 5.41) is 8.76. The second-order valence-corrected chi connectivity index (χ2v) is 3.82. The lowest BCUT2D eigenvalue weighted by Crippen LogP contribution is -2.53. The van der Waals surface area contributed by atoms with Gasteiger partial charge in [-0.2, -0.15) is 0 Å². The van der Waals surface area contributed by atoms with Crippen molar-refractivity contribution in [3.8, 4) is 0 Å². The van der Waals surface area contributed by atoms with Crippen LogP contribution in [0.15, 0.2) is 12.7 Å². The van der Waals surface area contributed by atoms with Crippen molar-refractivity contribution in [3.63, 3.8) is 0 Å². The van der Waals surface area contributed by atoms with Crippen molar-refractivity contribution in [2.24, 2.45) is 11.8 Å². The Kier molecular flexibility index (Phi) is 3.09. The standard InChI is InChI=1S/C10H17NO2/c1-4-7(2)11-5-9(6-11)8(3)10(12)13/h4,7-9H,1,5-6H2,2-3H3,(H,12,13). The zero-order valence-electron chi connectivity index (χ0n) is 8.23. The van der Waals surface area contributed by atoms with Gasteiger partial charge in [0.25, 0.3) is 0 Å². The van der Waals surface area contributed by atoms with E-state index in [-0.39, 0.29) is 5.92 Å². The van der Waals surface area contributed by atoms with E-state index in [0.29, 0.717) is 12.0 Å². The van der Waals surface area contributed by atoms with Gasteiger partial charge in [-0.3, -0.25) is 9.69 Å². The largest absolute Gasteiger partial charge is 0.481 e. The van der Waals surface area contributed by atoms with E-state index in [0.717, 1.165) is 13.1 Å². The van der Waals surface area contributed by atoms with Crippen LogP contribution >= 0.6 is 0 Å². The van der Waals surface area contributed by atoms with Crippen LogP contribution in [0.2, 0.25) is 0 Å². The molecule has 13 heavy (non-hydrogen) atoms. The number of rotatable bonds is 4. The van der Waals surface area contributed by atoms with Gasteiger partial charge < -0.3 is 5.11 Å². The molecule has 1 rings (SSSR count). The minimum atomic E-state index is -0.684. The third-order valence-corrected chi connectivity index (χ3v) is 2.95. The fourth-order valence-electron chi connectivity index (χ4n) is 1.55. The molecule has 74 valence electrons. The monoisotopic (exact) mass is 183 g/mol. The normalized spacial score (nSPS) is 23.2. The second kappa shape index (κ2) is 3.92. The fraction of sp³-hybridized carbons (Fsp3) is 0.700. The summed E-state index contributed by atoms with van der Waals surface area (Å²) in [7, 11) is 0. The Morgan fingerprint density at radius 2 is 2.15 bits per heavy atom. The number of carboxylic acids is 1. The molecule has 0 aliphatic carbocycles. The molecular formula is C10H17NO2. The minimum absolute atomic E-state index is 0.215. The summed E-state index contributed by atoms with van der Waals surface area (Å²) in [5.41, 5.74) is 0. The van der Waals surface area contributed by atoms with Crippen LogP contribution in [0.5, 0.6) is 0 Å². The number of hydrogen-bond donors (Lipinski definition) is 1. The number of nitrogens with zero attached hydrogens (tertiary/aromatic N) is 1. The van der Waals surface area contributed by atoms with Crippen LogP contribution in [0.4, 0.5) is 0 Å². The maximum atomic E-state index is 10.6. The van der Waals surface area contributed by atoms with E-state index < -0.39 is 5.97 Å². The Hall–Kier alpha value is -0.830. The van der Waals surface area contributed by atoms with E-state index in [1.807, 2.05) is 6.08 Å². The molecule has 3 heteroatoms. The Bertz CT molecular complexity index is 209. The van der Waals surface area contributed by atoms with E-state index in [9.17, 15) is 4.79 Å². The zero-order chi connectivity index (χ0) is 10.0. The lowest BCUT2D eigenvalue weighted by molar-refractivity contribution is -0.145. The average Bonchev–Trinajstić information content (AvgIpc) is 2.00. The molecule has 1 N–H and O–H groups in total. The van der Waals surface area contributed by atoms with Crippen LogP contribution in [-0.4, -0.2) is 35.1 Å². The topological polar surface area (TPSA) is 40.5 Å². The van der Waals surface area contributed by atoms with Gasteiger partial charge in [-0.15, -0.1) is 6.58 Å². The summed E-state index contributed by atoms with van der Waals surface area (Å²) in [6.45, 7) is 9.35. The average molecular weight is 183 g/mol. The van der Waals surface area contributed by atoms with Crippen molar-refractivity contribution in [2.75, 3.05) is 13.1 Å². The third-order valence-electron chi connectivity index (χ3n) is 2.95. The van der Waals surface area contributed by atoms with Crippen LogP contribution < -0.4 is 0 Å². The lowest BCUT2D eigenvalue weighted by Gasteiger charge is -2.43. The number of aliphatic carboxylic acids is 1. The molecule has 0 radical (unpaired) electrons. The Morgan fingerprint density at radius 3 is 2.54 bits per heavy atom. The molecule has 2 atom stereocenters. The molecule has 0 bridgehead atoms. The number of carbonyl (C=O) groups is 1. The molecule has 0 aromatic carbocycles. The molecule has 0 spiro atoms. The van der Waals surface area contributed by atoms with Crippen LogP contribution in [0.3, 0.4) is 0 Å². The first-order valence-corrected chi connectivity index (χ1v) is 4.65. The van der Waals surface area contributed by atoms with Gasteiger partial charge in [-0.1, -0.05) is 13.0 Å². The van der Waals surface area contributed by atoms with Crippen molar-refractivity contribution in [1.82, 2.24) is 4.90 Å². The van der Waals surface area contributed by atoms with Gasteiger partial charge in [0.15, 0.2) is 0 Å². The molecule has 1 aliphatic rings. The van der Waals surface area contributed by atoms with Gasteiger partial charge in [0.2, 0.25) is 0 Å². The van der Waals surface area contributed by atoms with Gasteiger partial charge >= 0.3 is 5.97 Å². The number of carboxylic acid groups (broad SMARTS) is 1. The Labute approximate surface area is 79.0 Å². The first-order chi connectivity index (χ1) is 6.06. The summed E-state index contributed by atoms with van der Waals surface area (Å²) >= 11 is 0. The highest BCUT2D eigenvalue weighted by molar-refractivity contribution is 5.70. The van der Waals surface area contributed by atoms with Crippen molar-refractivity contribution in [2.45, 2.75) is 19.9 Å². The van der Waals surface area contributed by atoms with Crippen molar-refractivity contribution >= 4 is 5.97 Å². The molecule has 0 saturated carbocycles. The van der Waals surface area contributed by atoms with E-state index in [1.165, 1.54) is 0 Å². The van der Waals surface area contributed by atoms with Crippen LogP contribution in [0.25, 0.3) is 0 Å². The molecule has 0 aromatic rings. The predicted octanol–water partition coefficient (Wildman–Crippen LogP) is 1.21. The van der Waals surface area contributed by atoms with Gasteiger partial charge in [0.05, 0.1) is 5.92 Å². The van der Waals surface area contributed by atoms with E-state index >= 15 is 0 Å². The summed E-state index contributed by atoms with van der Waals surface area (Å²) in [6.07, 6.45) is 1.89. The van der Waals surface area contributed by atoms with Crippen molar-refractivity contribution < 1.29 is 9.90 Å². The van der Waals surface area contributed by atoms with Gasteiger partial charge in [0, 0.05) is 19.1 Å². The van der Waals surface area contributed by atoms with Gasteiger partial charge in [-0.05, 0) is 12.8 Å². The van der Waals surface area contributed by atoms with E-state index in [2.05, 4.69) is 18.4 Å². The van der Waals surface area contributed by atoms with Crippen molar-refractivity contribution in [3.05, 3.63) is 12.7 Å². The Balaban J connectivity index is 2.33. The highest BCUT2D eigenvalue weighted by Gasteiger charge is 2.35. The van der Waals surface area contributed by atoms with Gasteiger partial charge in [-0.25, -0.2) is 0 Å². The molecule has 1 aliphatic heterocycles. The van der Waals surface area contributed by atoms with Crippen molar-refractivity contribution in [1.29, 1.82) is 0 Å².